The van der Waals surface area contributed by atoms with Gasteiger partial charge in [0.1, 0.15) is 6.10 Å². The van der Waals surface area contributed by atoms with E-state index in [1.165, 1.54) is 6.42 Å². The summed E-state index contributed by atoms with van der Waals surface area (Å²) in [5, 5.41) is 0. The molecule has 0 unspecified atom stereocenters. The Labute approximate surface area is 115 Å². The Kier molecular flexibility index (Phi) is 4.46. The van der Waals surface area contributed by atoms with Crippen LogP contribution < -0.4 is 5.73 Å². The van der Waals surface area contributed by atoms with Crippen molar-refractivity contribution in [3.8, 4) is 0 Å². The summed E-state index contributed by atoms with van der Waals surface area (Å²) in [5.74, 6) is 0.536. The van der Waals surface area contributed by atoms with Gasteiger partial charge in [-0.25, -0.2) is 4.79 Å². The Hall–Kier alpha value is -1.51. The van der Waals surface area contributed by atoms with Gasteiger partial charge in [0.2, 0.25) is 0 Å². The number of carbonyl (C=O) groups excluding carboxylic acids is 1. The summed E-state index contributed by atoms with van der Waals surface area (Å²) >= 11 is 0. The van der Waals surface area contributed by atoms with Gasteiger partial charge >= 0.3 is 5.97 Å². The lowest BCUT2D eigenvalue weighted by atomic mass is 9.86. The highest BCUT2D eigenvalue weighted by molar-refractivity contribution is 5.96. The Morgan fingerprint density at radius 2 is 2.00 bits per heavy atom. The third-order valence-corrected chi connectivity index (χ3v) is 4.15. The van der Waals surface area contributed by atoms with E-state index in [1.807, 2.05) is 19.1 Å². The molecule has 1 aliphatic carbocycles. The van der Waals surface area contributed by atoms with Gasteiger partial charge in [0, 0.05) is 5.69 Å². The van der Waals surface area contributed by atoms with Crippen molar-refractivity contribution < 1.29 is 9.53 Å². The summed E-state index contributed by atoms with van der Waals surface area (Å²) in [6, 6.07) is 5.49. The average Bonchev–Trinajstić information content (AvgIpc) is 2.39. The maximum Gasteiger partial charge on any atom is 0.340 e. The lowest BCUT2D eigenvalue weighted by Gasteiger charge is -2.27. The van der Waals surface area contributed by atoms with E-state index < -0.39 is 0 Å². The molecule has 0 saturated heterocycles. The van der Waals surface area contributed by atoms with Crippen LogP contribution >= 0.6 is 0 Å². The first-order valence-corrected chi connectivity index (χ1v) is 7.17. The lowest BCUT2D eigenvalue weighted by molar-refractivity contribution is 0.0165. The van der Waals surface area contributed by atoms with Gasteiger partial charge in [0.05, 0.1) is 5.56 Å². The lowest BCUT2D eigenvalue weighted by Crippen LogP contribution is -2.25. The zero-order chi connectivity index (χ0) is 13.8. The van der Waals surface area contributed by atoms with Crippen LogP contribution in [0.1, 0.15) is 54.9 Å². The molecule has 1 aromatic rings. The summed E-state index contributed by atoms with van der Waals surface area (Å²) in [7, 11) is 0. The summed E-state index contributed by atoms with van der Waals surface area (Å²) in [5.41, 5.74) is 7.79. The minimum atomic E-state index is -0.268. The molecule has 0 heterocycles. The first kappa shape index (κ1) is 13.9. The second-order valence-electron chi connectivity index (χ2n) is 5.50. The molecule has 0 radical (unpaired) electrons. The van der Waals surface area contributed by atoms with Crippen LogP contribution in [0.3, 0.4) is 0 Å². The van der Waals surface area contributed by atoms with Crippen molar-refractivity contribution in [1.82, 2.24) is 0 Å². The number of anilines is 1. The van der Waals surface area contributed by atoms with Crippen molar-refractivity contribution in [1.29, 1.82) is 0 Å². The second-order valence-corrected chi connectivity index (χ2v) is 5.50. The smallest absolute Gasteiger partial charge is 0.340 e. The Morgan fingerprint density at radius 3 is 2.58 bits per heavy atom. The third-order valence-electron chi connectivity index (χ3n) is 4.15. The van der Waals surface area contributed by atoms with Crippen LogP contribution in [0.15, 0.2) is 18.2 Å². The fraction of sp³-hybridized carbons (Fsp3) is 0.562. The highest BCUT2D eigenvalue weighted by Crippen LogP contribution is 2.29. The van der Waals surface area contributed by atoms with Gasteiger partial charge in [0.25, 0.3) is 0 Å². The van der Waals surface area contributed by atoms with Crippen LogP contribution in [0, 0.1) is 12.8 Å². The number of benzene rings is 1. The van der Waals surface area contributed by atoms with E-state index in [0.717, 1.165) is 37.2 Å². The van der Waals surface area contributed by atoms with E-state index in [-0.39, 0.29) is 12.1 Å². The van der Waals surface area contributed by atoms with E-state index in [0.29, 0.717) is 11.3 Å². The Balaban J connectivity index is 1.98. The number of nitrogens with two attached hydrogens (primary N) is 1. The fourth-order valence-corrected chi connectivity index (χ4v) is 2.84. The molecule has 0 bridgehead atoms. The van der Waals surface area contributed by atoms with Crippen molar-refractivity contribution in [2.75, 3.05) is 5.73 Å². The maximum absolute atomic E-state index is 12.2. The fourth-order valence-electron chi connectivity index (χ4n) is 2.84. The molecule has 1 saturated carbocycles. The van der Waals surface area contributed by atoms with Gasteiger partial charge in [-0.2, -0.15) is 0 Å². The minimum Gasteiger partial charge on any atom is -0.459 e. The van der Waals surface area contributed by atoms with Gasteiger partial charge in [-0.3, -0.25) is 0 Å². The molecule has 0 atom stereocenters. The number of ether oxygens (including phenoxy) is 1. The Morgan fingerprint density at radius 1 is 1.32 bits per heavy atom. The number of carbonyl (C=O) groups is 1. The number of hydrogen-bond donors (Lipinski definition) is 1. The molecule has 1 fully saturated rings. The molecule has 0 aliphatic heterocycles. The number of nitrogen functional groups attached to an aromatic ring is 1. The summed E-state index contributed by atoms with van der Waals surface area (Å²) in [6.45, 7) is 4.12. The van der Waals surface area contributed by atoms with Crippen molar-refractivity contribution in [3.63, 3.8) is 0 Å². The van der Waals surface area contributed by atoms with Gasteiger partial charge in [-0.15, -0.1) is 0 Å². The number of rotatable bonds is 3. The predicted octanol–water partition coefficient (Wildman–Crippen LogP) is 3.70. The van der Waals surface area contributed by atoms with E-state index >= 15 is 0 Å². The first-order chi connectivity index (χ1) is 9.11. The van der Waals surface area contributed by atoms with Crippen molar-refractivity contribution in [2.45, 2.75) is 52.1 Å². The van der Waals surface area contributed by atoms with Gasteiger partial charge in [0.15, 0.2) is 0 Å². The highest BCUT2D eigenvalue weighted by atomic mass is 16.5. The van der Waals surface area contributed by atoms with E-state index in [2.05, 4.69) is 6.92 Å². The highest BCUT2D eigenvalue weighted by Gasteiger charge is 2.24. The molecule has 3 nitrogen and oxygen atoms in total. The largest absolute Gasteiger partial charge is 0.459 e. The van der Waals surface area contributed by atoms with E-state index in [9.17, 15) is 4.79 Å². The van der Waals surface area contributed by atoms with Crippen LogP contribution in [0.5, 0.6) is 0 Å². The molecular weight excluding hydrogens is 238 g/mol. The van der Waals surface area contributed by atoms with Gasteiger partial charge in [-0.1, -0.05) is 25.5 Å². The van der Waals surface area contributed by atoms with Crippen LogP contribution in [0.2, 0.25) is 0 Å². The monoisotopic (exact) mass is 261 g/mol. The molecule has 3 heteroatoms. The molecule has 1 aliphatic rings. The molecule has 2 rings (SSSR count). The molecule has 0 spiro atoms. The summed E-state index contributed by atoms with van der Waals surface area (Å²) in [4.78, 5) is 12.2. The molecule has 1 aromatic carbocycles. The quantitative estimate of drug-likeness (QED) is 0.666. The van der Waals surface area contributed by atoms with Crippen molar-refractivity contribution in [2.24, 2.45) is 5.92 Å². The number of esters is 1. The van der Waals surface area contributed by atoms with Crippen LogP contribution in [-0.2, 0) is 4.74 Å². The summed E-state index contributed by atoms with van der Waals surface area (Å²) in [6.07, 6.45) is 5.58. The normalized spacial score (nSPS) is 23.1. The first-order valence-electron chi connectivity index (χ1n) is 7.17. The molecule has 0 aromatic heterocycles. The maximum atomic E-state index is 12.2. The second kappa shape index (κ2) is 6.09. The third kappa shape index (κ3) is 3.28. The van der Waals surface area contributed by atoms with Crippen LogP contribution in [0.4, 0.5) is 5.69 Å². The van der Waals surface area contributed by atoms with Crippen LogP contribution in [0.25, 0.3) is 0 Å². The molecular formula is C16H23NO2. The average molecular weight is 261 g/mol. The molecule has 104 valence electrons. The van der Waals surface area contributed by atoms with E-state index in [4.69, 9.17) is 10.5 Å². The molecule has 2 N–H and O–H groups in total. The minimum absolute atomic E-state index is 0.0642. The van der Waals surface area contributed by atoms with Gasteiger partial charge < -0.3 is 10.5 Å². The van der Waals surface area contributed by atoms with Crippen molar-refractivity contribution in [3.05, 3.63) is 29.3 Å². The SMILES string of the molecule is CCC1CCC(OC(=O)c2c(C)cccc2N)CC1. The number of hydrogen-bond acceptors (Lipinski definition) is 3. The zero-order valence-corrected chi connectivity index (χ0v) is 11.8. The molecule has 0 amide bonds. The zero-order valence-electron chi connectivity index (χ0n) is 11.8. The predicted molar refractivity (Wildman–Crippen MR) is 77.0 cm³/mol. The summed E-state index contributed by atoms with van der Waals surface area (Å²) < 4.78 is 5.61. The van der Waals surface area contributed by atoms with E-state index in [1.54, 1.807) is 6.07 Å². The van der Waals surface area contributed by atoms with Crippen molar-refractivity contribution >= 4 is 11.7 Å². The topological polar surface area (TPSA) is 52.3 Å². The molecule has 19 heavy (non-hydrogen) atoms. The number of aryl methyl sites for hydroxylation is 1. The van der Waals surface area contributed by atoms with Gasteiger partial charge in [-0.05, 0) is 50.2 Å². The standard InChI is InChI=1S/C16H23NO2/c1-3-12-7-9-13(10-8-12)19-16(18)15-11(2)5-4-6-14(15)17/h4-6,12-13H,3,7-10,17H2,1-2H3. The Bertz CT molecular complexity index is 428. The van der Waals surface area contributed by atoms with Crippen LogP contribution in [-0.4, -0.2) is 12.1 Å².